The third kappa shape index (κ3) is 3.04. The SMILES string of the molecule is COc1ccc2nc(NC(=O)c3nccc4cccc([N+](=O)[O-])c34)sc2c1. The number of thiazole rings is 1. The summed E-state index contributed by atoms with van der Waals surface area (Å²) >= 11 is 1.28. The summed E-state index contributed by atoms with van der Waals surface area (Å²) < 4.78 is 6.03. The number of hydrogen-bond donors (Lipinski definition) is 1. The van der Waals surface area contributed by atoms with E-state index < -0.39 is 10.8 Å². The van der Waals surface area contributed by atoms with Crippen molar-refractivity contribution in [3.05, 3.63) is 64.5 Å². The van der Waals surface area contributed by atoms with Crippen molar-refractivity contribution in [2.45, 2.75) is 0 Å². The molecular formula is C18H12N4O4S. The van der Waals surface area contributed by atoms with Gasteiger partial charge in [0.2, 0.25) is 0 Å². The van der Waals surface area contributed by atoms with E-state index in [1.54, 1.807) is 37.4 Å². The molecule has 0 saturated heterocycles. The molecule has 0 fully saturated rings. The van der Waals surface area contributed by atoms with Gasteiger partial charge in [0, 0.05) is 12.3 Å². The number of carbonyl (C=O) groups excluding carboxylic acids is 1. The van der Waals surface area contributed by atoms with Crippen LogP contribution in [-0.2, 0) is 0 Å². The zero-order valence-electron chi connectivity index (χ0n) is 14.0. The molecule has 0 aliphatic heterocycles. The summed E-state index contributed by atoms with van der Waals surface area (Å²) in [5.41, 5.74) is 0.532. The molecule has 0 unspecified atom stereocenters. The molecule has 0 spiro atoms. The smallest absolute Gasteiger partial charge is 0.279 e. The first-order valence-corrected chi connectivity index (χ1v) is 8.66. The number of non-ortho nitro benzene ring substituents is 1. The van der Waals surface area contributed by atoms with Gasteiger partial charge in [-0.25, -0.2) is 4.98 Å². The van der Waals surface area contributed by atoms with Crippen LogP contribution in [0.3, 0.4) is 0 Å². The predicted octanol–water partition coefficient (Wildman–Crippen LogP) is 4.01. The number of methoxy groups -OCH3 is 1. The number of amides is 1. The largest absolute Gasteiger partial charge is 0.497 e. The van der Waals surface area contributed by atoms with Crippen LogP contribution in [0.25, 0.3) is 21.0 Å². The normalized spacial score (nSPS) is 10.9. The van der Waals surface area contributed by atoms with E-state index in [2.05, 4.69) is 15.3 Å². The van der Waals surface area contributed by atoms with Gasteiger partial charge in [0.05, 0.1) is 27.6 Å². The molecule has 0 saturated carbocycles. The number of benzene rings is 2. The first-order chi connectivity index (χ1) is 13.1. The van der Waals surface area contributed by atoms with Crippen LogP contribution in [0.5, 0.6) is 5.75 Å². The van der Waals surface area contributed by atoms with E-state index in [0.717, 1.165) is 4.70 Å². The second kappa shape index (κ2) is 6.61. The van der Waals surface area contributed by atoms with E-state index >= 15 is 0 Å². The van der Waals surface area contributed by atoms with E-state index in [4.69, 9.17) is 4.74 Å². The first kappa shape index (κ1) is 16.9. The summed E-state index contributed by atoms with van der Waals surface area (Å²) in [6, 6.07) is 11.6. The Hall–Kier alpha value is -3.59. The number of aromatic nitrogens is 2. The molecule has 0 bridgehead atoms. The number of anilines is 1. The van der Waals surface area contributed by atoms with Crippen LogP contribution in [0.15, 0.2) is 48.7 Å². The summed E-state index contributed by atoms with van der Waals surface area (Å²) in [5, 5.41) is 15.2. The highest BCUT2D eigenvalue weighted by molar-refractivity contribution is 7.22. The van der Waals surface area contributed by atoms with Crippen molar-refractivity contribution >= 4 is 49.1 Å². The fraction of sp³-hybridized carbons (Fsp3) is 0.0556. The topological polar surface area (TPSA) is 107 Å². The number of rotatable bonds is 4. The van der Waals surface area contributed by atoms with Gasteiger partial charge in [0.15, 0.2) is 5.13 Å². The van der Waals surface area contributed by atoms with Crippen LogP contribution in [0, 0.1) is 10.1 Å². The molecular weight excluding hydrogens is 368 g/mol. The van der Waals surface area contributed by atoms with Gasteiger partial charge in [-0.2, -0.15) is 0 Å². The molecule has 8 nitrogen and oxygen atoms in total. The predicted molar refractivity (Wildman–Crippen MR) is 103 cm³/mol. The van der Waals surface area contributed by atoms with E-state index in [9.17, 15) is 14.9 Å². The van der Waals surface area contributed by atoms with Crippen molar-refractivity contribution in [1.29, 1.82) is 0 Å². The van der Waals surface area contributed by atoms with Gasteiger partial charge in [-0.05, 0) is 29.7 Å². The van der Waals surface area contributed by atoms with E-state index in [0.29, 0.717) is 21.8 Å². The fourth-order valence-corrected chi connectivity index (χ4v) is 3.67. The quantitative estimate of drug-likeness (QED) is 0.423. The molecule has 134 valence electrons. The Kier molecular flexibility index (Phi) is 4.13. The number of nitro benzene ring substituents is 1. The zero-order chi connectivity index (χ0) is 19.0. The van der Waals surface area contributed by atoms with Crippen LogP contribution < -0.4 is 10.1 Å². The molecule has 0 aliphatic rings. The summed E-state index contributed by atoms with van der Waals surface area (Å²) in [7, 11) is 1.57. The number of pyridine rings is 1. The lowest BCUT2D eigenvalue weighted by Crippen LogP contribution is -2.14. The maximum absolute atomic E-state index is 12.7. The lowest BCUT2D eigenvalue weighted by Gasteiger charge is -2.05. The maximum Gasteiger partial charge on any atom is 0.279 e. The lowest BCUT2D eigenvalue weighted by atomic mass is 10.1. The van der Waals surface area contributed by atoms with Crippen LogP contribution in [0.4, 0.5) is 10.8 Å². The average molecular weight is 380 g/mol. The lowest BCUT2D eigenvalue weighted by molar-refractivity contribution is -0.383. The highest BCUT2D eigenvalue weighted by Gasteiger charge is 2.21. The Morgan fingerprint density at radius 1 is 1.26 bits per heavy atom. The van der Waals surface area contributed by atoms with Crippen molar-refractivity contribution in [2.75, 3.05) is 12.4 Å². The molecule has 4 aromatic rings. The van der Waals surface area contributed by atoms with Gasteiger partial charge in [0.25, 0.3) is 11.6 Å². The molecule has 2 heterocycles. The number of carbonyl (C=O) groups is 1. The Labute approximate surface area is 156 Å². The third-order valence-corrected chi connectivity index (χ3v) is 4.93. The number of hydrogen-bond acceptors (Lipinski definition) is 7. The van der Waals surface area contributed by atoms with Crippen LogP contribution in [0.1, 0.15) is 10.5 Å². The molecule has 0 radical (unpaired) electrons. The van der Waals surface area contributed by atoms with Gasteiger partial charge in [-0.1, -0.05) is 23.5 Å². The van der Waals surface area contributed by atoms with E-state index in [1.165, 1.54) is 23.6 Å². The molecule has 9 heteroatoms. The standard InChI is InChI=1S/C18H12N4O4S/c1-26-11-5-6-12-14(9-11)27-18(20-12)21-17(23)16-15-10(7-8-19-16)3-2-4-13(15)22(24)25/h2-9H,1H3,(H,20,21,23). The van der Waals surface area contributed by atoms with Crippen molar-refractivity contribution in [3.8, 4) is 5.75 Å². The molecule has 1 N–H and O–H groups in total. The Bertz CT molecular complexity index is 1200. The van der Waals surface area contributed by atoms with Crippen molar-refractivity contribution in [3.63, 3.8) is 0 Å². The molecule has 27 heavy (non-hydrogen) atoms. The Morgan fingerprint density at radius 2 is 2.11 bits per heavy atom. The minimum absolute atomic E-state index is 0.0170. The minimum atomic E-state index is -0.555. The molecule has 1 amide bonds. The first-order valence-electron chi connectivity index (χ1n) is 7.85. The van der Waals surface area contributed by atoms with Crippen LogP contribution >= 0.6 is 11.3 Å². The Balaban J connectivity index is 1.74. The Morgan fingerprint density at radius 3 is 2.89 bits per heavy atom. The van der Waals surface area contributed by atoms with E-state index in [-0.39, 0.29) is 16.8 Å². The van der Waals surface area contributed by atoms with Crippen LogP contribution in [-0.4, -0.2) is 27.9 Å². The third-order valence-electron chi connectivity index (χ3n) is 4.00. The molecule has 2 aromatic heterocycles. The molecule has 0 aliphatic carbocycles. The summed E-state index contributed by atoms with van der Waals surface area (Å²) in [6.07, 6.45) is 1.45. The molecule has 2 aromatic carbocycles. The number of nitro groups is 1. The fourth-order valence-electron chi connectivity index (χ4n) is 2.78. The maximum atomic E-state index is 12.7. The van der Waals surface area contributed by atoms with Crippen molar-refractivity contribution < 1.29 is 14.5 Å². The average Bonchev–Trinajstić information content (AvgIpc) is 3.07. The minimum Gasteiger partial charge on any atom is -0.497 e. The van der Waals surface area contributed by atoms with Gasteiger partial charge in [-0.3, -0.25) is 25.2 Å². The van der Waals surface area contributed by atoms with Crippen molar-refractivity contribution in [1.82, 2.24) is 9.97 Å². The van der Waals surface area contributed by atoms with Gasteiger partial charge >= 0.3 is 0 Å². The second-order valence-electron chi connectivity index (χ2n) is 5.60. The van der Waals surface area contributed by atoms with Gasteiger partial charge < -0.3 is 4.74 Å². The summed E-state index contributed by atoms with van der Waals surface area (Å²) in [5.74, 6) is 0.135. The number of nitrogens with zero attached hydrogens (tertiary/aromatic N) is 3. The summed E-state index contributed by atoms with van der Waals surface area (Å²) in [4.78, 5) is 32.0. The van der Waals surface area contributed by atoms with Gasteiger partial charge in [-0.15, -0.1) is 0 Å². The highest BCUT2D eigenvalue weighted by atomic mass is 32.1. The van der Waals surface area contributed by atoms with Crippen molar-refractivity contribution in [2.24, 2.45) is 0 Å². The second-order valence-corrected chi connectivity index (χ2v) is 6.63. The monoisotopic (exact) mass is 380 g/mol. The molecule has 0 atom stereocenters. The zero-order valence-corrected chi connectivity index (χ0v) is 14.8. The highest BCUT2D eigenvalue weighted by Crippen LogP contribution is 2.31. The number of ether oxygens (including phenoxy) is 1. The molecule has 4 rings (SSSR count). The van der Waals surface area contributed by atoms with E-state index in [1.807, 2.05) is 6.07 Å². The number of fused-ring (bicyclic) bond motifs is 2. The van der Waals surface area contributed by atoms with Gasteiger partial charge in [0.1, 0.15) is 11.4 Å². The van der Waals surface area contributed by atoms with Crippen LogP contribution in [0.2, 0.25) is 0 Å². The summed E-state index contributed by atoms with van der Waals surface area (Å²) in [6.45, 7) is 0. The number of nitrogens with one attached hydrogen (secondary N) is 1.